The minimum atomic E-state index is -4.35. The van der Waals surface area contributed by atoms with Gasteiger partial charge < -0.3 is 20.1 Å². The van der Waals surface area contributed by atoms with E-state index in [-0.39, 0.29) is 6.61 Å². The Morgan fingerprint density at radius 1 is 1.19 bits per heavy atom. The Bertz CT molecular complexity index is 874. The van der Waals surface area contributed by atoms with Crippen molar-refractivity contribution >= 4 is 16.7 Å². The van der Waals surface area contributed by atoms with Gasteiger partial charge in [-0.25, -0.2) is 4.98 Å². The zero-order chi connectivity index (χ0) is 18.7. The Labute approximate surface area is 147 Å². The number of ether oxygens (including phenoxy) is 1. The molecular formula is C18H18F3N3O2. The average molecular weight is 365 g/mol. The largest absolute Gasteiger partial charge is 0.493 e. The number of nitrogens with zero attached hydrogens (tertiary/aromatic N) is 1. The topological polar surface area (TPSA) is 70.2 Å². The maximum absolute atomic E-state index is 12.5. The fourth-order valence-corrected chi connectivity index (χ4v) is 2.53. The summed E-state index contributed by atoms with van der Waals surface area (Å²) in [5.74, 6) is 0.372. The lowest BCUT2D eigenvalue weighted by atomic mass is 10.2. The number of rotatable bonds is 6. The third-order valence-electron chi connectivity index (χ3n) is 3.75. The zero-order valence-electron chi connectivity index (χ0n) is 14.0. The van der Waals surface area contributed by atoms with Gasteiger partial charge in [-0.1, -0.05) is 0 Å². The van der Waals surface area contributed by atoms with E-state index >= 15 is 0 Å². The molecule has 0 fully saturated rings. The summed E-state index contributed by atoms with van der Waals surface area (Å²) in [6.07, 6.45) is -2.84. The van der Waals surface area contributed by atoms with Gasteiger partial charge in [-0.05, 0) is 43.3 Å². The second kappa shape index (κ2) is 7.25. The molecule has 1 atom stereocenters. The number of H-pyrrole nitrogens is 1. The number of nitrogens with one attached hydrogen (secondary N) is 2. The summed E-state index contributed by atoms with van der Waals surface area (Å²) in [6, 6.07) is 8.32. The standard InChI is InChI=1S/C18H18F3N3O2/c1-11(25)23-16-10-22-15-7-4-13(24-17(15)16)8-9-26-14-5-2-12(3-6-14)18(19,20)21/h2-7,10-11,22-23,25H,8-9H2,1H3. The molecule has 0 amide bonds. The van der Waals surface area contributed by atoms with Crippen molar-refractivity contribution in [1.29, 1.82) is 0 Å². The molecule has 0 spiro atoms. The lowest BCUT2D eigenvalue weighted by Crippen LogP contribution is -2.13. The van der Waals surface area contributed by atoms with E-state index in [1.165, 1.54) is 12.1 Å². The monoisotopic (exact) mass is 365 g/mol. The molecule has 0 aliphatic heterocycles. The van der Waals surface area contributed by atoms with E-state index < -0.39 is 18.0 Å². The SMILES string of the molecule is CC(O)Nc1c[nH]c2ccc(CCOc3ccc(C(F)(F)F)cc3)nc12. The van der Waals surface area contributed by atoms with Crippen LogP contribution in [0.5, 0.6) is 5.75 Å². The first-order chi connectivity index (χ1) is 12.3. The van der Waals surface area contributed by atoms with Crippen molar-refractivity contribution < 1.29 is 23.0 Å². The molecule has 0 aliphatic rings. The third-order valence-corrected chi connectivity index (χ3v) is 3.75. The molecule has 5 nitrogen and oxygen atoms in total. The van der Waals surface area contributed by atoms with E-state index in [1.807, 2.05) is 12.1 Å². The summed E-state index contributed by atoms with van der Waals surface area (Å²) in [4.78, 5) is 7.59. The van der Waals surface area contributed by atoms with Crippen molar-refractivity contribution in [3.8, 4) is 5.75 Å². The molecule has 26 heavy (non-hydrogen) atoms. The number of aromatic nitrogens is 2. The molecule has 2 heterocycles. The van der Waals surface area contributed by atoms with Gasteiger partial charge in [0.25, 0.3) is 0 Å². The average Bonchev–Trinajstić information content (AvgIpc) is 2.96. The Morgan fingerprint density at radius 2 is 1.92 bits per heavy atom. The van der Waals surface area contributed by atoms with Gasteiger partial charge in [0, 0.05) is 18.3 Å². The molecule has 8 heteroatoms. The molecular weight excluding hydrogens is 347 g/mol. The normalized spacial score (nSPS) is 13.0. The van der Waals surface area contributed by atoms with Crippen molar-refractivity contribution in [2.45, 2.75) is 25.7 Å². The molecule has 3 rings (SSSR count). The van der Waals surface area contributed by atoms with Crippen LogP contribution in [0.15, 0.2) is 42.6 Å². The number of halogens is 3. The lowest BCUT2D eigenvalue weighted by molar-refractivity contribution is -0.137. The number of hydrogen-bond acceptors (Lipinski definition) is 4. The highest BCUT2D eigenvalue weighted by Gasteiger charge is 2.29. The zero-order valence-corrected chi connectivity index (χ0v) is 14.0. The van der Waals surface area contributed by atoms with E-state index in [1.54, 1.807) is 13.1 Å². The van der Waals surface area contributed by atoms with Crippen LogP contribution in [0.3, 0.4) is 0 Å². The maximum atomic E-state index is 12.5. The second-order valence-corrected chi connectivity index (χ2v) is 5.84. The van der Waals surface area contributed by atoms with Crippen molar-refractivity contribution in [3.05, 3.63) is 53.9 Å². The van der Waals surface area contributed by atoms with E-state index in [9.17, 15) is 18.3 Å². The molecule has 0 radical (unpaired) electrons. The summed E-state index contributed by atoms with van der Waals surface area (Å²) >= 11 is 0. The number of aliphatic hydroxyl groups excluding tert-OH is 1. The van der Waals surface area contributed by atoms with Crippen molar-refractivity contribution in [1.82, 2.24) is 9.97 Å². The number of alkyl halides is 3. The Hall–Kier alpha value is -2.74. The van der Waals surface area contributed by atoms with Gasteiger partial charge in [-0.2, -0.15) is 13.2 Å². The first-order valence-electron chi connectivity index (χ1n) is 8.04. The summed E-state index contributed by atoms with van der Waals surface area (Å²) in [7, 11) is 0. The number of aromatic amines is 1. The fraction of sp³-hybridized carbons (Fsp3) is 0.278. The Kier molecular flexibility index (Phi) is 5.03. The minimum Gasteiger partial charge on any atom is -0.493 e. The highest BCUT2D eigenvalue weighted by molar-refractivity contribution is 5.88. The molecule has 0 aliphatic carbocycles. The molecule has 138 valence electrons. The highest BCUT2D eigenvalue weighted by atomic mass is 19.4. The van der Waals surface area contributed by atoms with Gasteiger partial charge in [0.2, 0.25) is 0 Å². The fourth-order valence-electron chi connectivity index (χ4n) is 2.53. The molecule has 3 N–H and O–H groups in total. The van der Waals surface area contributed by atoms with Crippen LogP contribution in [0, 0.1) is 0 Å². The Balaban J connectivity index is 1.62. The minimum absolute atomic E-state index is 0.285. The van der Waals surface area contributed by atoms with Gasteiger partial charge in [0.15, 0.2) is 0 Å². The van der Waals surface area contributed by atoms with Gasteiger partial charge in [-0.3, -0.25) is 0 Å². The molecule has 0 saturated heterocycles. The smallest absolute Gasteiger partial charge is 0.416 e. The lowest BCUT2D eigenvalue weighted by Gasteiger charge is -2.09. The maximum Gasteiger partial charge on any atom is 0.416 e. The number of pyridine rings is 1. The van der Waals surface area contributed by atoms with E-state index in [0.717, 1.165) is 23.3 Å². The summed E-state index contributed by atoms with van der Waals surface area (Å²) in [5.41, 5.74) is 2.30. The van der Waals surface area contributed by atoms with Crippen LogP contribution < -0.4 is 10.1 Å². The molecule has 0 saturated carbocycles. The quantitative estimate of drug-likeness (QED) is 0.579. The van der Waals surface area contributed by atoms with Crippen molar-refractivity contribution in [3.63, 3.8) is 0 Å². The van der Waals surface area contributed by atoms with Gasteiger partial charge >= 0.3 is 6.18 Å². The second-order valence-electron chi connectivity index (χ2n) is 5.84. The molecule has 3 aromatic rings. The third kappa shape index (κ3) is 4.26. The number of aliphatic hydroxyl groups is 1. The molecule has 1 aromatic carbocycles. The van der Waals surface area contributed by atoms with Gasteiger partial charge in [0.1, 0.15) is 17.5 Å². The van der Waals surface area contributed by atoms with E-state index in [0.29, 0.717) is 23.4 Å². The summed E-state index contributed by atoms with van der Waals surface area (Å²) in [5, 5.41) is 12.3. The van der Waals surface area contributed by atoms with Crippen LogP contribution >= 0.6 is 0 Å². The predicted molar refractivity (Wildman–Crippen MR) is 92.0 cm³/mol. The van der Waals surface area contributed by atoms with Crippen LogP contribution in [-0.4, -0.2) is 27.9 Å². The number of fused-ring (bicyclic) bond motifs is 1. The van der Waals surface area contributed by atoms with Gasteiger partial charge in [-0.15, -0.1) is 0 Å². The Morgan fingerprint density at radius 3 is 2.58 bits per heavy atom. The first-order valence-corrected chi connectivity index (χ1v) is 8.04. The summed E-state index contributed by atoms with van der Waals surface area (Å²) in [6.45, 7) is 1.90. The van der Waals surface area contributed by atoms with Crippen LogP contribution in [0.25, 0.3) is 11.0 Å². The van der Waals surface area contributed by atoms with Crippen LogP contribution in [-0.2, 0) is 12.6 Å². The molecule has 1 unspecified atom stereocenters. The van der Waals surface area contributed by atoms with E-state index in [2.05, 4.69) is 15.3 Å². The van der Waals surface area contributed by atoms with Crippen LogP contribution in [0.1, 0.15) is 18.2 Å². The first kappa shape index (κ1) is 18.1. The van der Waals surface area contributed by atoms with E-state index in [4.69, 9.17) is 4.74 Å². The summed E-state index contributed by atoms with van der Waals surface area (Å²) < 4.78 is 43.1. The van der Waals surface area contributed by atoms with Crippen LogP contribution in [0.2, 0.25) is 0 Å². The highest BCUT2D eigenvalue weighted by Crippen LogP contribution is 2.30. The number of hydrogen-bond donors (Lipinski definition) is 3. The number of anilines is 1. The van der Waals surface area contributed by atoms with Crippen molar-refractivity contribution in [2.24, 2.45) is 0 Å². The number of benzene rings is 1. The molecule has 0 bridgehead atoms. The molecule has 2 aromatic heterocycles. The van der Waals surface area contributed by atoms with Crippen LogP contribution in [0.4, 0.5) is 18.9 Å². The predicted octanol–water partition coefficient (Wildman–Crippen LogP) is 3.95. The van der Waals surface area contributed by atoms with Gasteiger partial charge in [0.05, 0.1) is 23.4 Å². The van der Waals surface area contributed by atoms with Crippen molar-refractivity contribution in [2.75, 3.05) is 11.9 Å².